The molecule has 5 heteroatoms. The SMILES string of the molecule is CC(C)COC1CCN(C(=O)CCN2CCCC2=O)CC1. The molecule has 2 rings (SSSR count). The molecule has 21 heavy (non-hydrogen) atoms. The minimum atomic E-state index is 0.178. The topological polar surface area (TPSA) is 49.9 Å². The number of hydrogen-bond donors (Lipinski definition) is 0. The third-order valence-corrected chi connectivity index (χ3v) is 4.23. The second kappa shape index (κ2) is 7.78. The highest BCUT2D eigenvalue weighted by atomic mass is 16.5. The molecule has 2 amide bonds. The molecule has 0 N–H and O–H groups in total. The van der Waals surface area contributed by atoms with Gasteiger partial charge in [-0.2, -0.15) is 0 Å². The first-order valence-corrected chi connectivity index (χ1v) is 8.23. The zero-order valence-electron chi connectivity index (χ0n) is 13.3. The third kappa shape index (κ3) is 4.99. The number of piperidine rings is 1. The van der Waals surface area contributed by atoms with Crippen LogP contribution < -0.4 is 0 Å². The lowest BCUT2D eigenvalue weighted by molar-refractivity contribution is -0.135. The summed E-state index contributed by atoms with van der Waals surface area (Å²) in [6, 6.07) is 0. The van der Waals surface area contributed by atoms with Crippen LogP contribution in [-0.2, 0) is 14.3 Å². The average molecular weight is 296 g/mol. The van der Waals surface area contributed by atoms with Crippen LogP contribution in [0.15, 0.2) is 0 Å². The summed E-state index contributed by atoms with van der Waals surface area (Å²) in [5.74, 6) is 0.934. The van der Waals surface area contributed by atoms with E-state index in [2.05, 4.69) is 13.8 Å². The van der Waals surface area contributed by atoms with Crippen molar-refractivity contribution < 1.29 is 14.3 Å². The standard InChI is InChI=1S/C16H28N2O3/c1-13(2)12-21-14-5-9-18(10-6-14)16(20)7-11-17-8-3-4-15(17)19/h13-14H,3-12H2,1-2H3. The summed E-state index contributed by atoms with van der Waals surface area (Å²) >= 11 is 0. The van der Waals surface area contributed by atoms with Crippen molar-refractivity contribution in [1.29, 1.82) is 0 Å². The maximum absolute atomic E-state index is 12.2. The normalized spacial score (nSPS) is 20.6. The van der Waals surface area contributed by atoms with Gasteiger partial charge in [0.1, 0.15) is 0 Å². The monoisotopic (exact) mass is 296 g/mol. The van der Waals surface area contributed by atoms with Crippen molar-refractivity contribution in [3.63, 3.8) is 0 Å². The number of carbonyl (C=O) groups is 2. The van der Waals surface area contributed by atoms with Gasteiger partial charge in [0.25, 0.3) is 0 Å². The molecule has 2 aliphatic rings. The van der Waals surface area contributed by atoms with Gasteiger partial charge in [0.15, 0.2) is 0 Å². The number of ether oxygens (including phenoxy) is 1. The Bertz CT molecular complexity index is 363. The largest absolute Gasteiger partial charge is 0.378 e. The Labute approximate surface area is 127 Å². The molecule has 2 aliphatic heterocycles. The lowest BCUT2D eigenvalue weighted by atomic mass is 10.1. The first-order chi connectivity index (χ1) is 10.1. The van der Waals surface area contributed by atoms with E-state index in [1.807, 2.05) is 9.80 Å². The molecule has 0 spiro atoms. The molecule has 0 saturated carbocycles. The second-order valence-electron chi connectivity index (χ2n) is 6.54. The number of rotatable bonds is 6. The highest BCUT2D eigenvalue weighted by molar-refractivity contribution is 5.80. The second-order valence-corrected chi connectivity index (χ2v) is 6.54. The number of carbonyl (C=O) groups excluding carboxylic acids is 2. The summed E-state index contributed by atoms with van der Waals surface area (Å²) in [5.41, 5.74) is 0. The van der Waals surface area contributed by atoms with Crippen molar-refractivity contribution in [2.45, 2.75) is 52.1 Å². The number of hydrogen-bond acceptors (Lipinski definition) is 3. The Balaban J connectivity index is 1.64. The van der Waals surface area contributed by atoms with Gasteiger partial charge in [0.05, 0.1) is 6.10 Å². The molecule has 2 heterocycles. The first-order valence-electron chi connectivity index (χ1n) is 8.23. The predicted octanol–water partition coefficient (Wildman–Crippen LogP) is 1.66. The molecular weight excluding hydrogens is 268 g/mol. The smallest absolute Gasteiger partial charge is 0.224 e. The maximum Gasteiger partial charge on any atom is 0.224 e. The quantitative estimate of drug-likeness (QED) is 0.749. The molecule has 0 aromatic rings. The van der Waals surface area contributed by atoms with E-state index in [0.29, 0.717) is 31.4 Å². The lowest BCUT2D eigenvalue weighted by Gasteiger charge is -2.32. The molecule has 2 fully saturated rings. The van der Waals surface area contributed by atoms with E-state index < -0.39 is 0 Å². The summed E-state index contributed by atoms with van der Waals surface area (Å²) in [6.45, 7) is 8.08. The zero-order valence-corrected chi connectivity index (χ0v) is 13.3. The Morgan fingerprint density at radius 1 is 1.29 bits per heavy atom. The number of amides is 2. The summed E-state index contributed by atoms with van der Waals surface area (Å²) < 4.78 is 5.84. The fraction of sp³-hybridized carbons (Fsp3) is 0.875. The molecule has 0 unspecified atom stereocenters. The van der Waals surface area contributed by atoms with Gasteiger partial charge >= 0.3 is 0 Å². The molecular formula is C16H28N2O3. The molecule has 0 bridgehead atoms. The summed E-state index contributed by atoms with van der Waals surface area (Å²) in [6.07, 6.45) is 4.21. The predicted molar refractivity (Wildman–Crippen MR) is 80.8 cm³/mol. The van der Waals surface area contributed by atoms with Crippen molar-refractivity contribution in [3.8, 4) is 0 Å². The van der Waals surface area contributed by atoms with Crippen molar-refractivity contribution in [2.75, 3.05) is 32.8 Å². The number of nitrogens with zero attached hydrogens (tertiary/aromatic N) is 2. The summed E-state index contributed by atoms with van der Waals surface area (Å²) in [7, 11) is 0. The van der Waals surface area contributed by atoms with E-state index in [1.165, 1.54) is 0 Å². The van der Waals surface area contributed by atoms with E-state index in [1.54, 1.807) is 0 Å². The van der Waals surface area contributed by atoms with E-state index in [4.69, 9.17) is 4.74 Å². The highest BCUT2D eigenvalue weighted by Crippen LogP contribution is 2.16. The fourth-order valence-corrected chi connectivity index (χ4v) is 2.93. The Kier molecular flexibility index (Phi) is 6.03. The molecule has 0 aromatic heterocycles. The van der Waals surface area contributed by atoms with Crippen LogP contribution in [0.2, 0.25) is 0 Å². The lowest BCUT2D eigenvalue weighted by Crippen LogP contribution is -2.42. The number of likely N-dealkylation sites (tertiary alicyclic amines) is 2. The molecule has 120 valence electrons. The molecule has 0 aliphatic carbocycles. The van der Waals surface area contributed by atoms with Crippen LogP contribution in [0, 0.1) is 5.92 Å². The third-order valence-electron chi connectivity index (χ3n) is 4.23. The van der Waals surface area contributed by atoms with Gasteiger partial charge in [-0.25, -0.2) is 0 Å². The van der Waals surface area contributed by atoms with Gasteiger partial charge in [-0.3, -0.25) is 9.59 Å². The van der Waals surface area contributed by atoms with Crippen molar-refractivity contribution in [3.05, 3.63) is 0 Å². The van der Waals surface area contributed by atoms with Crippen LogP contribution in [0.1, 0.15) is 46.0 Å². The molecule has 0 aromatic carbocycles. The van der Waals surface area contributed by atoms with E-state index >= 15 is 0 Å². The van der Waals surface area contributed by atoms with E-state index in [-0.39, 0.29) is 11.8 Å². The van der Waals surface area contributed by atoms with Crippen LogP contribution in [0.3, 0.4) is 0 Å². The van der Waals surface area contributed by atoms with Crippen LogP contribution in [-0.4, -0.2) is 60.5 Å². The van der Waals surface area contributed by atoms with Crippen LogP contribution in [0.25, 0.3) is 0 Å². The maximum atomic E-state index is 12.2. The molecule has 0 radical (unpaired) electrons. The van der Waals surface area contributed by atoms with E-state index in [0.717, 1.165) is 45.5 Å². The van der Waals surface area contributed by atoms with Gasteiger partial charge < -0.3 is 14.5 Å². The van der Waals surface area contributed by atoms with E-state index in [9.17, 15) is 9.59 Å². The average Bonchev–Trinajstić information content (AvgIpc) is 2.88. The minimum absolute atomic E-state index is 0.178. The summed E-state index contributed by atoms with van der Waals surface area (Å²) in [4.78, 5) is 27.4. The summed E-state index contributed by atoms with van der Waals surface area (Å²) in [5, 5.41) is 0. The van der Waals surface area contributed by atoms with Gasteiger partial charge in [-0.15, -0.1) is 0 Å². The first kappa shape index (κ1) is 16.3. The van der Waals surface area contributed by atoms with Crippen molar-refractivity contribution in [1.82, 2.24) is 9.80 Å². The molecule has 5 nitrogen and oxygen atoms in total. The Morgan fingerprint density at radius 2 is 2.00 bits per heavy atom. The van der Waals surface area contributed by atoms with Crippen molar-refractivity contribution in [2.24, 2.45) is 5.92 Å². The minimum Gasteiger partial charge on any atom is -0.378 e. The van der Waals surface area contributed by atoms with Crippen LogP contribution >= 0.6 is 0 Å². The Hall–Kier alpha value is -1.10. The molecule has 0 atom stereocenters. The van der Waals surface area contributed by atoms with Crippen LogP contribution in [0.5, 0.6) is 0 Å². The zero-order chi connectivity index (χ0) is 15.2. The molecule has 2 saturated heterocycles. The van der Waals surface area contributed by atoms with Crippen LogP contribution in [0.4, 0.5) is 0 Å². The highest BCUT2D eigenvalue weighted by Gasteiger charge is 2.25. The van der Waals surface area contributed by atoms with Crippen molar-refractivity contribution >= 4 is 11.8 Å². The van der Waals surface area contributed by atoms with Gasteiger partial charge in [0.2, 0.25) is 11.8 Å². The Morgan fingerprint density at radius 3 is 2.57 bits per heavy atom. The van der Waals surface area contributed by atoms with Gasteiger partial charge in [0, 0.05) is 45.6 Å². The fourth-order valence-electron chi connectivity index (χ4n) is 2.93. The van der Waals surface area contributed by atoms with Gasteiger partial charge in [-0.1, -0.05) is 13.8 Å². The van der Waals surface area contributed by atoms with Gasteiger partial charge in [-0.05, 0) is 25.2 Å².